The summed E-state index contributed by atoms with van der Waals surface area (Å²) < 4.78 is 5.28. The molecule has 0 aromatic carbocycles. The summed E-state index contributed by atoms with van der Waals surface area (Å²) in [5.74, 6) is 0.147. The van der Waals surface area contributed by atoms with Crippen LogP contribution < -0.4 is 0 Å². The molecule has 1 fully saturated rings. The van der Waals surface area contributed by atoms with Gasteiger partial charge in [-0.1, -0.05) is 13.8 Å². The zero-order valence-corrected chi connectivity index (χ0v) is 9.33. The van der Waals surface area contributed by atoms with Crippen LogP contribution in [-0.2, 0) is 9.53 Å². The molecule has 1 amide bonds. The Morgan fingerprint density at radius 1 is 1.23 bits per heavy atom. The minimum Gasteiger partial charge on any atom is -0.377 e. The summed E-state index contributed by atoms with van der Waals surface area (Å²) in [6.45, 7) is 11.0. The van der Waals surface area contributed by atoms with Gasteiger partial charge in [0.2, 0.25) is 5.91 Å². The highest BCUT2D eigenvalue weighted by Gasteiger charge is 2.26. The second-order valence-corrected chi connectivity index (χ2v) is 3.16. The van der Waals surface area contributed by atoms with E-state index in [9.17, 15) is 4.79 Å². The predicted octanol–water partition coefficient (Wildman–Crippen LogP) is 1.67. The van der Waals surface area contributed by atoms with E-state index in [1.165, 1.54) is 0 Å². The van der Waals surface area contributed by atoms with Crippen molar-refractivity contribution in [2.75, 3.05) is 13.2 Å². The van der Waals surface area contributed by atoms with Crippen molar-refractivity contribution in [1.82, 2.24) is 4.90 Å². The first-order valence-electron chi connectivity index (χ1n) is 4.99. The number of ether oxygens (including phenoxy) is 1. The third-order valence-electron chi connectivity index (χ3n) is 2.03. The van der Waals surface area contributed by atoms with E-state index in [1.807, 2.05) is 32.6 Å². The van der Waals surface area contributed by atoms with E-state index in [1.54, 1.807) is 6.92 Å². The molecule has 1 rings (SSSR count). The fraction of sp³-hybridized carbons (Fsp3) is 0.900. The molecule has 3 heteroatoms. The van der Waals surface area contributed by atoms with Crippen molar-refractivity contribution in [3.63, 3.8) is 0 Å². The molecule has 0 aromatic rings. The second kappa shape index (κ2) is 5.97. The number of morpholine rings is 1. The molecule has 0 saturated carbocycles. The molecule has 1 heterocycles. The fourth-order valence-corrected chi connectivity index (χ4v) is 1.62. The number of carbonyl (C=O) groups is 1. The van der Waals surface area contributed by atoms with Crippen LogP contribution in [0.5, 0.6) is 0 Å². The summed E-state index contributed by atoms with van der Waals surface area (Å²) in [6, 6.07) is 0.465. The zero-order chi connectivity index (χ0) is 10.4. The first kappa shape index (κ1) is 12.4. The minimum atomic E-state index is 0.147. The number of amides is 1. The average Bonchev–Trinajstić information content (AvgIpc) is 2.07. The third-order valence-corrected chi connectivity index (χ3v) is 2.03. The SMILES string of the molecule is CC.CC(=O)N1[C@H](C)COC[C@H]1C. The van der Waals surface area contributed by atoms with Crippen LogP contribution in [0.25, 0.3) is 0 Å². The first-order valence-corrected chi connectivity index (χ1v) is 4.99. The van der Waals surface area contributed by atoms with Crippen LogP contribution in [-0.4, -0.2) is 36.1 Å². The Labute approximate surface area is 81.1 Å². The lowest BCUT2D eigenvalue weighted by atomic mass is 10.2. The Balaban J connectivity index is 0.000000671. The van der Waals surface area contributed by atoms with Gasteiger partial charge in [0.15, 0.2) is 0 Å². The van der Waals surface area contributed by atoms with Gasteiger partial charge in [0.1, 0.15) is 0 Å². The lowest BCUT2D eigenvalue weighted by Crippen LogP contribution is -2.51. The molecule has 0 radical (unpaired) electrons. The van der Waals surface area contributed by atoms with Gasteiger partial charge in [0.25, 0.3) is 0 Å². The number of hydrogen-bond donors (Lipinski definition) is 0. The Hall–Kier alpha value is -0.570. The third kappa shape index (κ3) is 3.35. The predicted molar refractivity (Wildman–Crippen MR) is 53.6 cm³/mol. The molecule has 13 heavy (non-hydrogen) atoms. The van der Waals surface area contributed by atoms with Gasteiger partial charge in [-0.05, 0) is 13.8 Å². The zero-order valence-electron chi connectivity index (χ0n) is 9.33. The van der Waals surface area contributed by atoms with Crippen molar-refractivity contribution in [3.05, 3.63) is 0 Å². The van der Waals surface area contributed by atoms with Gasteiger partial charge in [-0.15, -0.1) is 0 Å². The Bertz CT molecular complexity index is 149. The number of rotatable bonds is 0. The highest BCUT2D eigenvalue weighted by Crippen LogP contribution is 2.12. The van der Waals surface area contributed by atoms with Gasteiger partial charge in [-0.3, -0.25) is 4.79 Å². The maximum absolute atomic E-state index is 11.1. The van der Waals surface area contributed by atoms with Crippen LogP contribution in [0.4, 0.5) is 0 Å². The van der Waals surface area contributed by atoms with Gasteiger partial charge < -0.3 is 9.64 Å². The molecule has 0 spiro atoms. The lowest BCUT2D eigenvalue weighted by molar-refractivity contribution is -0.141. The van der Waals surface area contributed by atoms with Crippen molar-refractivity contribution in [1.29, 1.82) is 0 Å². The van der Waals surface area contributed by atoms with E-state index in [2.05, 4.69) is 0 Å². The maximum Gasteiger partial charge on any atom is 0.220 e. The first-order chi connectivity index (χ1) is 6.13. The highest BCUT2D eigenvalue weighted by atomic mass is 16.5. The average molecular weight is 187 g/mol. The summed E-state index contributed by atoms with van der Waals surface area (Å²) in [5.41, 5.74) is 0. The van der Waals surface area contributed by atoms with Crippen LogP contribution in [0.3, 0.4) is 0 Å². The molecule has 0 N–H and O–H groups in total. The maximum atomic E-state index is 11.1. The summed E-state index contributed by atoms with van der Waals surface area (Å²) >= 11 is 0. The molecule has 1 saturated heterocycles. The van der Waals surface area contributed by atoms with E-state index in [0.717, 1.165) is 0 Å². The monoisotopic (exact) mass is 187 g/mol. The standard InChI is InChI=1S/C8H15NO2.C2H6/c1-6-4-11-5-7(2)9(6)8(3)10;1-2/h6-7H,4-5H2,1-3H3;1-2H3/t6-,7-;/m1./s1. The summed E-state index contributed by atoms with van der Waals surface area (Å²) in [5, 5.41) is 0. The highest BCUT2D eigenvalue weighted by molar-refractivity contribution is 5.74. The fourth-order valence-electron chi connectivity index (χ4n) is 1.62. The Morgan fingerprint density at radius 3 is 1.85 bits per heavy atom. The largest absolute Gasteiger partial charge is 0.377 e. The molecule has 1 aliphatic rings. The number of nitrogens with zero attached hydrogens (tertiary/aromatic N) is 1. The normalized spacial score (nSPS) is 27.6. The molecule has 2 atom stereocenters. The van der Waals surface area contributed by atoms with E-state index in [-0.39, 0.29) is 18.0 Å². The smallest absolute Gasteiger partial charge is 0.220 e. The molecular weight excluding hydrogens is 166 g/mol. The number of hydrogen-bond acceptors (Lipinski definition) is 2. The molecular formula is C10H21NO2. The van der Waals surface area contributed by atoms with Gasteiger partial charge in [-0.25, -0.2) is 0 Å². The van der Waals surface area contributed by atoms with E-state index >= 15 is 0 Å². The van der Waals surface area contributed by atoms with Crippen molar-refractivity contribution in [3.8, 4) is 0 Å². The quantitative estimate of drug-likeness (QED) is 0.577. The summed E-state index contributed by atoms with van der Waals surface area (Å²) in [4.78, 5) is 13.0. The molecule has 3 nitrogen and oxygen atoms in total. The van der Waals surface area contributed by atoms with Crippen LogP contribution >= 0.6 is 0 Å². The second-order valence-electron chi connectivity index (χ2n) is 3.16. The summed E-state index contributed by atoms with van der Waals surface area (Å²) in [6.07, 6.45) is 0. The van der Waals surface area contributed by atoms with Crippen molar-refractivity contribution in [2.24, 2.45) is 0 Å². The van der Waals surface area contributed by atoms with E-state index < -0.39 is 0 Å². The Kier molecular flexibility index (Phi) is 5.71. The lowest BCUT2D eigenvalue weighted by Gasteiger charge is -2.38. The topological polar surface area (TPSA) is 29.5 Å². The van der Waals surface area contributed by atoms with Gasteiger partial charge >= 0.3 is 0 Å². The minimum absolute atomic E-state index is 0.147. The number of carbonyl (C=O) groups excluding carboxylic acids is 1. The van der Waals surface area contributed by atoms with E-state index in [0.29, 0.717) is 13.2 Å². The van der Waals surface area contributed by atoms with Crippen LogP contribution in [0.15, 0.2) is 0 Å². The van der Waals surface area contributed by atoms with Crippen LogP contribution in [0, 0.1) is 0 Å². The van der Waals surface area contributed by atoms with Crippen molar-refractivity contribution < 1.29 is 9.53 Å². The summed E-state index contributed by atoms with van der Waals surface area (Å²) in [7, 11) is 0. The molecule has 0 unspecified atom stereocenters. The molecule has 0 aliphatic carbocycles. The molecule has 0 aromatic heterocycles. The van der Waals surface area contributed by atoms with Crippen molar-refractivity contribution >= 4 is 5.91 Å². The van der Waals surface area contributed by atoms with E-state index in [4.69, 9.17) is 4.74 Å². The van der Waals surface area contributed by atoms with Gasteiger partial charge in [0.05, 0.1) is 25.3 Å². The van der Waals surface area contributed by atoms with Crippen molar-refractivity contribution in [2.45, 2.75) is 46.7 Å². The van der Waals surface area contributed by atoms with Crippen LogP contribution in [0.1, 0.15) is 34.6 Å². The van der Waals surface area contributed by atoms with Gasteiger partial charge in [-0.2, -0.15) is 0 Å². The van der Waals surface area contributed by atoms with Crippen LogP contribution in [0.2, 0.25) is 0 Å². The molecule has 0 bridgehead atoms. The molecule has 78 valence electrons. The van der Waals surface area contributed by atoms with Gasteiger partial charge in [0, 0.05) is 6.92 Å². The Morgan fingerprint density at radius 2 is 1.62 bits per heavy atom. The molecule has 1 aliphatic heterocycles.